The van der Waals surface area contributed by atoms with Crippen molar-refractivity contribution in [2.75, 3.05) is 18.8 Å². The molecule has 1 aromatic carbocycles. The van der Waals surface area contributed by atoms with Crippen molar-refractivity contribution in [2.45, 2.75) is 6.92 Å². The van der Waals surface area contributed by atoms with Crippen LogP contribution in [0.2, 0.25) is 5.02 Å². The molecule has 3 nitrogen and oxygen atoms in total. The van der Waals surface area contributed by atoms with Gasteiger partial charge in [-0.25, -0.2) is 0 Å². The fraction of sp³-hybridized carbons (Fsp3) is 0.250. The average Bonchev–Trinajstić information content (AvgIpc) is 2.28. The van der Waals surface area contributed by atoms with Crippen LogP contribution in [-0.2, 0) is 0 Å². The highest BCUT2D eigenvalue weighted by atomic mass is 35.5. The first-order chi connectivity index (χ1) is 7.60. The van der Waals surface area contributed by atoms with Gasteiger partial charge in [0.2, 0.25) is 0 Å². The summed E-state index contributed by atoms with van der Waals surface area (Å²) >= 11 is 5.78. The predicted octanol–water partition coefficient (Wildman–Crippen LogP) is 2.02. The van der Waals surface area contributed by atoms with Gasteiger partial charge in [0.05, 0.1) is 17.3 Å². The van der Waals surface area contributed by atoms with Crippen LogP contribution >= 0.6 is 11.6 Å². The number of carbonyl (C=O) groups excluding carboxylic acids is 1. The molecule has 0 fully saturated rings. The topological polar surface area (TPSA) is 46.3 Å². The maximum atomic E-state index is 12.0. The molecule has 4 heteroatoms. The summed E-state index contributed by atoms with van der Waals surface area (Å²) in [6.07, 6.45) is 5.19. The van der Waals surface area contributed by atoms with Crippen molar-refractivity contribution in [3.8, 4) is 12.3 Å². The minimum Gasteiger partial charge on any atom is -0.398 e. The van der Waals surface area contributed by atoms with E-state index in [1.807, 2.05) is 6.92 Å². The second-order valence-electron chi connectivity index (χ2n) is 3.26. The molecule has 0 spiro atoms. The van der Waals surface area contributed by atoms with Crippen molar-refractivity contribution in [1.29, 1.82) is 0 Å². The maximum absolute atomic E-state index is 12.0. The van der Waals surface area contributed by atoms with Crippen LogP contribution in [0.5, 0.6) is 0 Å². The van der Waals surface area contributed by atoms with Gasteiger partial charge in [0.15, 0.2) is 0 Å². The van der Waals surface area contributed by atoms with Crippen molar-refractivity contribution in [1.82, 2.24) is 4.90 Å². The highest BCUT2D eigenvalue weighted by Crippen LogP contribution is 2.20. The molecule has 0 aliphatic rings. The van der Waals surface area contributed by atoms with E-state index in [9.17, 15) is 4.79 Å². The van der Waals surface area contributed by atoms with E-state index in [1.54, 1.807) is 23.1 Å². The number of benzene rings is 1. The Morgan fingerprint density at radius 2 is 2.31 bits per heavy atom. The van der Waals surface area contributed by atoms with Crippen LogP contribution < -0.4 is 5.73 Å². The van der Waals surface area contributed by atoms with Gasteiger partial charge in [-0.3, -0.25) is 4.79 Å². The number of amides is 1. The van der Waals surface area contributed by atoms with Crippen molar-refractivity contribution in [2.24, 2.45) is 0 Å². The molecule has 0 aliphatic carbocycles. The highest BCUT2D eigenvalue weighted by Gasteiger charge is 2.13. The van der Waals surface area contributed by atoms with E-state index in [4.69, 9.17) is 23.8 Å². The summed E-state index contributed by atoms with van der Waals surface area (Å²) in [4.78, 5) is 13.5. The molecule has 0 unspecified atom stereocenters. The summed E-state index contributed by atoms with van der Waals surface area (Å²) in [5, 5.41) is 0.441. The lowest BCUT2D eigenvalue weighted by Gasteiger charge is -2.18. The molecule has 0 saturated heterocycles. The molecule has 0 aliphatic heterocycles. The molecule has 0 bridgehead atoms. The summed E-state index contributed by atoms with van der Waals surface area (Å²) in [7, 11) is 0. The Hall–Kier alpha value is -1.66. The summed E-state index contributed by atoms with van der Waals surface area (Å²) < 4.78 is 0. The first-order valence-corrected chi connectivity index (χ1v) is 5.25. The number of hydrogen-bond donors (Lipinski definition) is 1. The smallest absolute Gasteiger partial charge is 0.254 e. The third kappa shape index (κ3) is 2.68. The Labute approximate surface area is 100 Å². The van der Waals surface area contributed by atoms with E-state index in [0.29, 0.717) is 22.8 Å². The number of terminal acetylenes is 1. The van der Waals surface area contributed by atoms with Gasteiger partial charge in [0.25, 0.3) is 5.91 Å². The van der Waals surface area contributed by atoms with Gasteiger partial charge >= 0.3 is 0 Å². The SMILES string of the molecule is C#CCN(CC)C(=O)c1ccc(Cl)c(N)c1. The molecular formula is C12H13ClN2O. The molecule has 2 N–H and O–H groups in total. The van der Waals surface area contributed by atoms with Crippen LogP contribution in [0.3, 0.4) is 0 Å². The fourth-order valence-corrected chi connectivity index (χ4v) is 1.41. The van der Waals surface area contributed by atoms with E-state index >= 15 is 0 Å². The van der Waals surface area contributed by atoms with Crippen LogP contribution in [-0.4, -0.2) is 23.9 Å². The van der Waals surface area contributed by atoms with Gasteiger partial charge in [0.1, 0.15) is 0 Å². The van der Waals surface area contributed by atoms with E-state index < -0.39 is 0 Å². The normalized spacial score (nSPS) is 9.56. The zero-order chi connectivity index (χ0) is 12.1. The summed E-state index contributed by atoms with van der Waals surface area (Å²) in [5.41, 5.74) is 6.52. The molecule has 0 heterocycles. The summed E-state index contributed by atoms with van der Waals surface area (Å²) in [5.74, 6) is 2.31. The second kappa shape index (κ2) is 5.43. The first-order valence-electron chi connectivity index (χ1n) is 4.88. The van der Waals surface area contributed by atoms with E-state index in [1.165, 1.54) is 0 Å². The standard InChI is InChI=1S/C12H13ClN2O/c1-3-7-15(4-2)12(16)9-5-6-10(13)11(14)8-9/h1,5-6,8H,4,7,14H2,2H3. The Morgan fingerprint density at radius 1 is 1.62 bits per heavy atom. The quantitative estimate of drug-likeness (QED) is 0.645. The van der Waals surface area contributed by atoms with E-state index in [2.05, 4.69) is 5.92 Å². The lowest BCUT2D eigenvalue weighted by molar-refractivity contribution is 0.0785. The van der Waals surface area contributed by atoms with Crippen molar-refractivity contribution >= 4 is 23.2 Å². The predicted molar refractivity (Wildman–Crippen MR) is 66.3 cm³/mol. The van der Waals surface area contributed by atoms with Gasteiger partial charge in [-0.05, 0) is 25.1 Å². The Bertz CT molecular complexity index is 437. The molecule has 1 amide bonds. The number of nitrogens with zero attached hydrogens (tertiary/aromatic N) is 1. The van der Waals surface area contributed by atoms with Crippen LogP contribution in [0.15, 0.2) is 18.2 Å². The molecule has 16 heavy (non-hydrogen) atoms. The first kappa shape index (κ1) is 12.4. The number of anilines is 1. The van der Waals surface area contributed by atoms with Crippen LogP contribution in [0.4, 0.5) is 5.69 Å². The molecular weight excluding hydrogens is 224 g/mol. The maximum Gasteiger partial charge on any atom is 0.254 e. The van der Waals surface area contributed by atoms with Gasteiger partial charge in [-0.2, -0.15) is 0 Å². The lowest BCUT2D eigenvalue weighted by atomic mass is 10.1. The van der Waals surface area contributed by atoms with Gasteiger partial charge < -0.3 is 10.6 Å². The number of halogens is 1. The minimum atomic E-state index is -0.135. The lowest BCUT2D eigenvalue weighted by Crippen LogP contribution is -2.31. The minimum absolute atomic E-state index is 0.135. The molecule has 1 aromatic rings. The highest BCUT2D eigenvalue weighted by molar-refractivity contribution is 6.33. The van der Waals surface area contributed by atoms with Crippen molar-refractivity contribution in [3.05, 3.63) is 28.8 Å². The second-order valence-corrected chi connectivity index (χ2v) is 3.67. The van der Waals surface area contributed by atoms with E-state index in [-0.39, 0.29) is 12.5 Å². The third-order valence-corrected chi connectivity index (χ3v) is 2.54. The summed E-state index contributed by atoms with van der Waals surface area (Å²) in [6, 6.07) is 4.80. The van der Waals surface area contributed by atoms with Gasteiger partial charge in [-0.15, -0.1) is 6.42 Å². The molecule has 84 valence electrons. The molecule has 0 saturated carbocycles. The fourth-order valence-electron chi connectivity index (χ4n) is 1.30. The number of nitrogens with two attached hydrogens (primary N) is 1. The number of carbonyl (C=O) groups is 1. The Kier molecular flexibility index (Phi) is 4.21. The molecule has 0 radical (unpaired) electrons. The van der Waals surface area contributed by atoms with Crippen LogP contribution in [0.25, 0.3) is 0 Å². The Balaban J connectivity index is 2.95. The van der Waals surface area contributed by atoms with Gasteiger partial charge in [0, 0.05) is 12.1 Å². The van der Waals surface area contributed by atoms with Crippen LogP contribution in [0, 0.1) is 12.3 Å². The molecule has 0 atom stereocenters. The van der Waals surface area contributed by atoms with Crippen molar-refractivity contribution in [3.63, 3.8) is 0 Å². The van der Waals surface area contributed by atoms with Crippen molar-refractivity contribution < 1.29 is 4.79 Å². The van der Waals surface area contributed by atoms with Crippen LogP contribution in [0.1, 0.15) is 17.3 Å². The number of nitrogen functional groups attached to an aromatic ring is 1. The Morgan fingerprint density at radius 3 is 2.81 bits per heavy atom. The molecule has 0 aromatic heterocycles. The number of hydrogen-bond acceptors (Lipinski definition) is 2. The van der Waals surface area contributed by atoms with E-state index in [0.717, 1.165) is 0 Å². The zero-order valence-electron chi connectivity index (χ0n) is 9.03. The number of rotatable bonds is 3. The van der Waals surface area contributed by atoms with Gasteiger partial charge in [-0.1, -0.05) is 17.5 Å². The third-order valence-electron chi connectivity index (χ3n) is 2.19. The summed E-state index contributed by atoms with van der Waals surface area (Å²) in [6.45, 7) is 2.72. The average molecular weight is 237 g/mol. The monoisotopic (exact) mass is 236 g/mol. The molecule has 1 rings (SSSR count). The largest absolute Gasteiger partial charge is 0.398 e. The zero-order valence-corrected chi connectivity index (χ0v) is 9.79.